The van der Waals surface area contributed by atoms with Gasteiger partial charge in [-0.15, -0.1) is 9.24 Å². The molecule has 2 aliphatic rings. The molecule has 3 rings (SSSR count). The van der Waals surface area contributed by atoms with Crippen molar-refractivity contribution in [1.29, 1.82) is 5.26 Å². The van der Waals surface area contributed by atoms with Crippen molar-refractivity contribution in [1.82, 2.24) is 4.90 Å². The van der Waals surface area contributed by atoms with E-state index >= 15 is 0 Å². The molecule has 1 aliphatic heterocycles. The van der Waals surface area contributed by atoms with E-state index in [9.17, 15) is 19.2 Å². The second-order valence-corrected chi connectivity index (χ2v) is 7.46. The van der Waals surface area contributed by atoms with E-state index < -0.39 is 5.16 Å². The van der Waals surface area contributed by atoms with Gasteiger partial charge in [0.2, 0.25) is 5.91 Å². The molecule has 4 atom stereocenters. The zero-order valence-electron chi connectivity index (χ0n) is 13.3. The maximum Gasteiger partial charge on any atom is 0.237 e. The first-order chi connectivity index (χ1) is 11.4. The predicted octanol–water partition coefficient (Wildman–Crippen LogP) is 2.46. The average Bonchev–Trinajstić information content (AvgIpc) is 2.57. The van der Waals surface area contributed by atoms with Crippen LogP contribution in [0, 0.1) is 29.0 Å². The summed E-state index contributed by atoms with van der Waals surface area (Å²) in [7, 11) is 2.57. The quantitative estimate of drug-likeness (QED) is 0.775. The molecular formula is C18H18FN2O2P. The van der Waals surface area contributed by atoms with Crippen LogP contribution in [-0.2, 0) is 16.1 Å². The molecule has 1 aliphatic carbocycles. The minimum absolute atomic E-state index is 0.0609. The summed E-state index contributed by atoms with van der Waals surface area (Å²) in [5.41, 5.74) is 0.909. The third kappa shape index (κ3) is 2.65. The molecule has 1 aromatic rings. The van der Waals surface area contributed by atoms with Gasteiger partial charge in [0, 0.05) is 19.0 Å². The number of hydrogen-bond donors (Lipinski definition) is 0. The number of carbonyl (C=O) groups excluding carboxylic acids is 2. The van der Waals surface area contributed by atoms with Crippen molar-refractivity contribution in [2.45, 2.75) is 25.0 Å². The van der Waals surface area contributed by atoms with Crippen molar-refractivity contribution in [2.75, 3.05) is 6.54 Å². The van der Waals surface area contributed by atoms with Crippen LogP contribution in [0.4, 0.5) is 4.39 Å². The summed E-state index contributed by atoms with van der Waals surface area (Å²) in [6, 6.07) is 7.99. The Morgan fingerprint density at radius 3 is 2.67 bits per heavy atom. The SMILES string of the molecule is C[C@H]1C(=O)C(C#N)=C[C@@]2(P)C(=O)N(Cc3ccc(F)cc3)CC[C@H]12. The van der Waals surface area contributed by atoms with Crippen LogP contribution in [0.5, 0.6) is 0 Å². The van der Waals surface area contributed by atoms with Gasteiger partial charge in [-0.3, -0.25) is 9.59 Å². The van der Waals surface area contributed by atoms with Crippen LogP contribution in [0.15, 0.2) is 35.9 Å². The van der Waals surface area contributed by atoms with Gasteiger partial charge in [-0.1, -0.05) is 19.1 Å². The number of benzene rings is 1. The Bertz CT molecular complexity index is 768. The van der Waals surface area contributed by atoms with Gasteiger partial charge in [-0.2, -0.15) is 5.26 Å². The number of piperidine rings is 1. The zero-order chi connectivity index (χ0) is 17.5. The molecule has 1 fully saturated rings. The van der Waals surface area contributed by atoms with Gasteiger partial charge in [0.15, 0.2) is 5.78 Å². The molecule has 0 spiro atoms. The highest BCUT2D eigenvalue weighted by Crippen LogP contribution is 2.46. The summed E-state index contributed by atoms with van der Waals surface area (Å²) >= 11 is 0. The Balaban J connectivity index is 1.90. The van der Waals surface area contributed by atoms with E-state index in [1.807, 2.05) is 6.07 Å². The molecule has 124 valence electrons. The second-order valence-electron chi connectivity index (χ2n) is 6.50. The Morgan fingerprint density at radius 1 is 1.38 bits per heavy atom. The highest BCUT2D eigenvalue weighted by Gasteiger charge is 2.52. The number of fused-ring (bicyclic) bond motifs is 1. The molecule has 0 bridgehead atoms. The summed E-state index contributed by atoms with van der Waals surface area (Å²) in [6.45, 7) is 2.73. The number of nitrogens with zero attached hydrogens (tertiary/aromatic N) is 2. The summed E-state index contributed by atoms with van der Waals surface area (Å²) in [5.74, 6) is -1.07. The molecule has 1 saturated heterocycles. The molecule has 4 nitrogen and oxygen atoms in total. The van der Waals surface area contributed by atoms with Crippen molar-refractivity contribution < 1.29 is 14.0 Å². The number of nitriles is 1. The Kier molecular flexibility index (Phi) is 4.27. The number of rotatable bonds is 2. The van der Waals surface area contributed by atoms with E-state index in [4.69, 9.17) is 0 Å². The van der Waals surface area contributed by atoms with E-state index in [1.54, 1.807) is 24.0 Å². The van der Waals surface area contributed by atoms with Crippen LogP contribution in [0.1, 0.15) is 18.9 Å². The highest BCUT2D eigenvalue weighted by molar-refractivity contribution is 7.21. The number of allylic oxidation sites excluding steroid dienone is 1. The maximum absolute atomic E-state index is 13.0. The molecule has 1 unspecified atom stereocenters. The zero-order valence-corrected chi connectivity index (χ0v) is 14.5. The topological polar surface area (TPSA) is 61.2 Å². The molecule has 1 aromatic carbocycles. The minimum atomic E-state index is -0.920. The van der Waals surface area contributed by atoms with Gasteiger partial charge in [0.25, 0.3) is 0 Å². The summed E-state index contributed by atoms with van der Waals surface area (Å²) < 4.78 is 13.0. The van der Waals surface area contributed by atoms with Gasteiger partial charge in [0.1, 0.15) is 11.9 Å². The molecule has 0 saturated carbocycles. The molecule has 0 aromatic heterocycles. The second kappa shape index (κ2) is 6.11. The number of amides is 1. The fourth-order valence-electron chi connectivity index (χ4n) is 3.69. The van der Waals surface area contributed by atoms with E-state index in [2.05, 4.69) is 9.24 Å². The number of ketones is 1. The van der Waals surface area contributed by atoms with Crippen molar-refractivity contribution in [3.05, 3.63) is 47.3 Å². The lowest BCUT2D eigenvalue weighted by molar-refractivity contribution is -0.140. The monoisotopic (exact) mass is 344 g/mol. The summed E-state index contributed by atoms with van der Waals surface area (Å²) in [4.78, 5) is 26.9. The van der Waals surface area contributed by atoms with Crippen LogP contribution in [0.3, 0.4) is 0 Å². The van der Waals surface area contributed by atoms with Crippen molar-refractivity contribution in [2.24, 2.45) is 11.8 Å². The third-order valence-electron chi connectivity index (χ3n) is 5.05. The number of likely N-dealkylation sites (tertiary alicyclic amines) is 1. The number of halogens is 1. The Labute approximate surface area is 142 Å². The van der Waals surface area contributed by atoms with E-state index in [-0.39, 0.29) is 34.9 Å². The average molecular weight is 344 g/mol. The van der Waals surface area contributed by atoms with Gasteiger partial charge in [0.05, 0.1) is 10.7 Å². The van der Waals surface area contributed by atoms with Gasteiger partial charge < -0.3 is 4.90 Å². The normalized spacial score (nSPS) is 29.8. The highest BCUT2D eigenvalue weighted by atomic mass is 31.0. The van der Waals surface area contributed by atoms with Gasteiger partial charge in [-0.05, 0) is 36.1 Å². The first kappa shape index (κ1) is 16.8. The van der Waals surface area contributed by atoms with Gasteiger partial charge >= 0.3 is 0 Å². The van der Waals surface area contributed by atoms with E-state index in [1.165, 1.54) is 18.2 Å². The standard InChI is InChI=1S/C18H18FN2O2P/c1-11-15-6-7-21(10-12-2-4-14(19)5-3-12)17(23)18(15,24)8-13(9-20)16(11)22/h2-5,8,11,15H,6-7,10,24H2,1H3/t11-,15-,18+/m1/s1. The maximum atomic E-state index is 13.0. The van der Waals surface area contributed by atoms with Crippen LogP contribution in [0.25, 0.3) is 0 Å². The van der Waals surface area contributed by atoms with Gasteiger partial charge in [-0.25, -0.2) is 4.39 Å². The number of Topliss-reactive ketones (excluding diaryl/α,β-unsaturated/α-hetero) is 1. The first-order valence-electron chi connectivity index (χ1n) is 7.86. The van der Waals surface area contributed by atoms with E-state index in [0.29, 0.717) is 19.5 Å². The summed E-state index contributed by atoms with van der Waals surface area (Å²) in [5, 5.41) is 8.27. The lowest BCUT2D eigenvalue weighted by atomic mass is 9.69. The molecular weight excluding hydrogens is 326 g/mol. The largest absolute Gasteiger partial charge is 0.337 e. The first-order valence-corrected chi connectivity index (χ1v) is 8.44. The fraction of sp³-hybridized carbons (Fsp3) is 0.389. The fourth-order valence-corrected chi connectivity index (χ4v) is 4.49. The van der Waals surface area contributed by atoms with Crippen LogP contribution in [-0.4, -0.2) is 28.3 Å². The number of carbonyl (C=O) groups is 2. The third-order valence-corrected chi connectivity index (χ3v) is 5.90. The minimum Gasteiger partial charge on any atom is -0.337 e. The van der Waals surface area contributed by atoms with E-state index in [0.717, 1.165) is 5.56 Å². The van der Waals surface area contributed by atoms with Crippen molar-refractivity contribution >= 4 is 20.9 Å². The molecule has 1 amide bonds. The molecule has 1 heterocycles. The molecule has 0 radical (unpaired) electrons. The smallest absolute Gasteiger partial charge is 0.237 e. The molecule has 0 N–H and O–H groups in total. The molecule has 6 heteroatoms. The number of hydrogen-bond acceptors (Lipinski definition) is 3. The lowest BCUT2D eigenvalue weighted by Crippen LogP contribution is -2.58. The van der Waals surface area contributed by atoms with Crippen LogP contribution in [0.2, 0.25) is 0 Å². The van der Waals surface area contributed by atoms with Crippen LogP contribution < -0.4 is 0 Å². The Hall–Kier alpha value is -2.05. The van der Waals surface area contributed by atoms with Crippen molar-refractivity contribution in [3.8, 4) is 6.07 Å². The summed E-state index contributed by atoms with van der Waals surface area (Å²) in [6.07, 6.45) is 2.21. The lowest BCUT2D eigenvalue weighted by Gasteiger charge is -2.47. The molecule has 24 heavy (non-hydrogen) atoms. The Morgan fingerprint density at radius 2 is 2.04 bits per heavy atom. The van der Waals surface area contributed by atoms with Crippen LogP contribution >= 0.6 is 9.24 Å². The van der Waals surface area contributed by atoms with Crippen molar-refractivity contribution in [3.63, 3.8) is 0 Å². The predicted molar refractivity (Wildman–Crippen MR) is 90.2 cm³/mol.